The molecule has 2 aromatic rings. The molecule has 0 spiro atoms. The number of hydrogen-bond donors (Lipinski definition) is 2. The third kappa shape index (κ3) is 4.99. The van der Waals surface area contributed by atoms with Crippen LogP contribution in [0.4, 0.5) is 5.69 Å². The molecule has 0 saturated carbocycles. The highest BCUT2D eigenvalue weighted by Crippen LogP contribution is 2.39. The van der Waals surface area contributed by atoms with Crippen molar-refractivity contribution in [1.82, 2.24) is 0 Å². The van der Waals surface area contributed by atoms with E-state index < -0.39 is 0 Å². The molecule has 0 aromatic heterocycles. The normalized spacial score (nSPS) is 12.6. The van der Waals surface area contributed by atoms with Crippen LogP contribution in [0.25, 0.3) is 0 Å². The number of rotatable bonds is 3. The van der Waals surface area contributed by atoms with Crippen LogP contribution < -0.4 is 5.43 Å². The van der Waals surface area contributed by atoms with Crippen molar-refractivity contribution in [2.24, 2.45) is 5.10 Å². The molecule has 0 aliphatic rings. The van der Waals surface area contributed by atoms with Crippen LogP contribution in [-0.4, -0.2) is 11.3 Å². The van der Waals surface area contributed by atoms with Gasteiger partial charge in [-0.15, -0.1) is 0 Å². The predicted octanol–water partition coefficient (Wildman–Crippen LogP) is 6.09. The van der Waals surface area contributed by atoms with E-state index in [1.807, 2.05) is 36.4 Å². The van der Waals surface area contributed by atoms with E-state index in [4.69, 9.17) is 11.6 Å². The van der Waals surface area contributed by atoms with Crippen LogP contribution in [0.5, 0.6) is 5.75 Å². The van der Waals surface area contributed by atoms with E-state index in [0.29, 0.717) is 10.8 Å². The fourth-order valence-corrected chi connectivity index (χ4v) is 2.71. The quantitative estimate of drug-likeness (QED) is 0.515. The van der Waals surface area contributed by atoms with Gasteiger partial charge in [0, 0.05) is 16.1 Å². The molecular formula is C21H27ClN2O. The number of hydrazone groups is 1. The Balaban J connectivity index is 2.36. The van der Waals surface area contributed by atoms with Crippen molar-refractivity contribution in [3.05, 3.63) is 58.1 Å². The van der Waals surface area contributed by atoms with E-state index >= 15 is 0 Å². The smallest absolute Gasteiger partial charge is 0.123 e. The van der Waals surface area contributed by atoms with Gasteiger partial charge in [-0.2, -0.15) is 5.10 Å². The van der Waals surface area contributed by atoms with Crippen molar-refractivity contribution in [1.29, 1.82) is 0 Å². The molecule has 0 fully saturated rings. The number of phenols is 1. The second kappa shape index (κ2) is 7.09. The van der Waals surface area contributed by atoms with E-state index in [-0.39, 0.29) is 10.8 Å². The van der Waals surface area contributed by atoms with Crippen molar-refractivity contribution >= 4 is 23.5 Å². The largest absolute Gasteiger partial charge is 0.507 e. The van der Waals surface area contributed by atoms with Gasteiger partial charge in [0.25, 0.3) is 0 Å². The number of halogens is 1. The summed E-state index contributed by atoms with van der Waals surface area (Å²) in [6.45, 7) is 12.6. The summed E-state index contributed by atoms with van der Waals surface area (Å²) in [5, 5.41) is 15.8. The lowest BCUT2D eigenvalue weighted by Gasteiger charge is -2.27. The average molecular weight is 359 g/mol. The Bertz CT molecular complexity index is 731. The SMILES string of the molecule is CC(C)(C)c1cc(C=NNc2ccc(Cl)cc2)cc(C(C)(C)C)c1O. The average Bonchev–Trinajstić information content (AvgIpc) is 2.48. The van der Waals surface area contributed by atoms with Gasteiger partial charge in [-0.25, -0.2) is 0 Å². The topological polar surface area (TPSA) is 44.6 Å². The molecule has 0 bridgehead atoms. The molecule has 0 aliphatic heterocycles. The Labute approximate surface area is 155 Å². The molecule has 0 aliphatic carbocycles. The first-order chi connectivity index (χ1) is 11.5. The summed E-state index contributed by atoms with van der Waals surface area (Å²) in [5.74, 6) is 0.378. The van der Waals surface area contributed by atoms with Gasteiger partial charge in [0.1, 0.15) is 5.75 Å². The molecule has 0 unspecified atom stereocenters. The zero-order valence-electron chi connectivity index (χ0n) is 15.8. The van der Waals surface area contributed by atoms with Gasteiger partial charge in [0.2, 0.25) is 0 Å². The third-order valence-electron chi connectivity index (χ3n) is 4.00. The molecule has 4 heteroatoms. The van der Waals surface area contributed by atoms with Gasteiger partial charge in [0.15, 0.2) is 0 Å². The molecule has 0 atom stereocenters. The molecule has 0 amide bonds. The molecule has 0 saturated heterocycles. The number of phenolic OH excluding ortho intramolecular Hbond substituents is 1. The number of anilines is 1. The monoisotopic (exact) mass is 358 g/mol. The molecule has 0 radical (unpaired) electrons. The van der Waals surface area contributed by atoms with Gasteiger partial charge in [-0.05, 0) is 52.8 Å². The van der Waals surface area contributed by atoms with E-state index in [1.54, 1.807) is 6.21 Å². The number of hydrogen-bond acceptors (Lipinski definition) is 3. The van der Waals surface area contributed by atoms with Gasteiger partial charge >= 0.3 is 0 Å². The molecule has 2 N–H and O–H groups in total. The van der Waals surface area contributed by atoms with Gasteiger partial charge in [0.05, 0.1) is 11.9 Å². The first kappa shape index (κ1) is 19.3. The van der Waals surface area contributed by atoms with E-state index in [0.717, 1.165) is 22.4 Å². The van der Waals surface area contributed by atoms with Crippen LogP contribution in [0.2, 0.25) is 5.02 Å². The second-order valence-electron chi connectivity index (χ2n) is 8.34. The lowest BCUT2D eigenvalue weighted by Crippen LogP contribution is -2.17. The first-order valence-corrected chi connectivity index (χ1v) is 8.79. The number of nitrogens with one attached hydrogen (secondary N) is 1. The molecule has 134 valence electrons. The first-order valence-electron chi connectivity index (χ1n) is 8.41. The van der Waals surface area contributed by atoms with E-state index in [1.165, 1.54) is 0 Å². The fraction of sp³-hybridized carbons (Fsp3) is 0.381. The lowest BCUT2D eigenvalue weighted by molar-refractivity contribution is 0.423. The van der Waals surface area contributed by atoms with Gasteiger partial charge in [-0.1, -0.05) is 53.1 Å². The van der Waals surface area contributed by atoms with Crippen LogP contribution >= 0.6 is 11.6 Å². The maximum atomic E-state index is 10.7. The third-order valence-corrected chi connectivity index (χ3v) is 4.25. The molecule has 2 rings (SSSR count). The minimum atomic E-state index is -0.155. The molecule has 0 heterocycles. The summed E-state index contributed by atoms with van der Waals surface area (Å²) in [5.41, 5.74) is 6.36. The fourth-order valence-electron chi connectivity index (χ4n) is 2.58. The van der Waals surface area contributed by atoms with Crippen LogP contribution in [0, 0.1) is 0 Å². The Hall–Kier alpha value is -2.00. The Morgan fingerprint density at radius 1 is 0.920 bits per heavy atom. The Kier molecular flexibility index (Phi) is 5.48. The standard InChI is InChI=1S/C21H27ClN2O/c1-20(2,3)17-11-14(12-18(19(17)25)21(4,5)6)13-23-24-16-9-7-15(22)8-10-16/h7-13,24-25H,1-6H3. The zero-order chi connectivity index (χ0) is 18.8. The van der Waals surface area contributed by atoms with Crippen LogP contribution in [0.3, 0.4) is 0 Å². The lowest BCUT2D eigenvalue weighted by atomic mass is 9.78. The van der Waals surface area contributed by atoms with Crippen molar-refractivity contribution in [2.75, 3.05) is 5.43 Å². The zero-order valence-corrected chi connectivity index (χ0v) is 16.6. The molecular weight excluding hydrogens is 332 g/mol. The summed E-state index contributed by atoms with van der Waals surface area (Å²) in [6.07, 6.45) is 1.78. The van der Waals surface area contributed by atoms with Gasteiger partial charge < -0.3 is 5.11 Å². The molecule has 25 heavy (non-hydrogen) atoms. The van der Waals surface area contributed by atoms with Crippen molar-refractivity contribution in [2.45, 2.75) is 52.4 Å². The maximum Gasteiger partial charge on any atom is 0.123 e. The minimum absolute atomic E-state index is 0.155. The summed E-state index contributed by atoms with van der Waals surface area (Å²) in [7, 11) is 0. The second-order valence-corrected chi connectivity index (χ2v) is 8.78. The van der Waals surface area contributed by atoms with E-state index in [9.17, 15) is 5.11 Å². The Morgan fingerprint density at radius 3 is 1.84 bits per heavy atom. The van der Waals surface area contributed by atoms with E-state index in [2.05, 4.69) is 52.1 Å². The van der Waals surface area contributed by atoms with Crippen LogP contribution in [0.1, 0.15) is 58.2 Å². The summed E-state index contributed by atoms with van der Waals surface area (Å²) in [6, 6.07) is 11.4. The highest BCUT2D eigenvalue weighted by atomic mass is 35.5. The van der Waals surface area contributed by atoms with Gasteiger partial charge in [-0.3, -0.25) is 5.43 Å². The highest BCUT2D eigenvalue weighted by Gasteiger charge is 2.26. The number of benzene rings is 2. The highest BCUT2D eigenvalue weighted by molar-refractivity contribution is 6.30. The van der Waals surface area contributed by atoms with Crippen molar-refractivity contribution < 1.29 is 5.11 Å². The predicted molar refractivity (Wildman–Crippen MR) is 108 cm³/mol. The maximum absolute atomic E-state index is 10.7. The number of aromatic hydroxyl groups is 1. The minimum Gasteiger partial charge on any atom is -0.507 e. The Morgan fingerprint density at radius 2 is 1.40 bits per heavy atom. The van der Waals surface area contributed by atoms with Crippen molar-refractivity contribution in [3.63, 3.8) is 0 Å². The number of nitrogens with zero attached hydrogens (tertiary/aromatic N) is 1. The molecule has 2 aromatic carbocycles. The summed E-state index contributed by atoms with van der Waals surface area (Å²) >= 11 is 5.89. The molecule has 3 nitrogen and oxygen atoms in total. The summed E-state index contributed by atoms with van der Waals surface area (Å²) < 4.78 is 0. The summed E-state index contributed by atoms with van der Waals surface area (Å²) in [4.78, 5) is 0. The van der Waals surface area contributed by atoms with Crippen molar-refractivity contribution in [3.8, 4) is 5.75 Å². The van der Waals surface area contributed by atoms with Crippen LogP contribution in [-0.2, 0) is 10.8 Å². The van der Waals surface area contributed by atoms with Crippen LogP contribution in [0.15, 0.2) is 41.5 Å².